The third kappa shape index (κ3) is 2.57. The molecule has 0 radical (unpaired) electrons. The fourth-order valence-electron chi connectivity index (χ4n) is 2.22. The Morgan fingerprint density at radius 3 is 2.30 bits per heavy atom. The number of amides is 1. The van der Waals surface area contributed by atoms with Gasteiger partial charge in [0.05, 0.1) is 0 Å². The average Bonchev–Trinajstić information content (AvgIpc) is 2.71. The van der Waals surface area contributed by atoms with Crippen molar-refractivity contribution in [1.82, 2.24) is 0 Å². The lowest BCUT2D eigenvalue weighted by atomic mass is 10.1. The summed E-state index contributed by atoms with van der Waals surface area (Å²) in [4.78, 5) is 13.9. The van der Waals surface area contributed by atoms with Crippen LogP contribution < -0.4 is 4.90 Å². The second-order valence-electron chi connectivity index (χ2n) is 4.59. The number of ether oxygens (including phenoxy) is 1. The normalized spacial score (nSPS) is 18.5. The first-order chi connectivity index (χ1) is 9.84. The van der Waals surface area contributed by atoms with Crippen LogP contribution in [0.3, 0.4) is 0 Å². The second kappa shape index (κ2) is 5.61. The standard InChI is InChI=1S/C17H15NO2/c19-17-18(15-10-5-2-6-11-15)13-7-12-16(20-17)14-8-3-1-4-9-14/h1-12,16H,13H2. The summed E-state index contributed by atoms with van der Waals surface area (Å²) in [6.45, 7) is 0.520. The average molecular weight is 265 g/mol. The second-order valence-corrected chi connectivity index (χ2v) is 4.59. The molecule has 3 heteroatoms. The van der Waals surface area contributed by atoms with Gasteiger partial charge in [-0.3, -0.25) is 4.90 Å². The van der Waals surface area contributed by atoms with Gasteiger partial charge in [-0.05, 0) is 23.8 Å². The van der Waals surface area contributed by atoms with E-state index in [2.05, 4.69) is 0 Å². The summed E-state index contributed by atoms with van der Waals surface area (Å²) < 4.78 is 5.56. The first kappa shape index (κ1) is 12.5. The molecule has 0 bridgehead atoms. The Kier molecular flexibility index (Phi) is 3.50. The van der Waals surface area contributed by atoms with E-state index < -0.39 is 0 Å². The molecule has 3 nitrogen and oxygen atoms in total. The Morgan fingerprint density at radius 1 is 0.950 bits per heavy atom. The molecule has 0 spiro atoms. The van der Waals surface area contributed by atoms with Crippen LogP contribution in [0.5, 0.6) is 0 Å². The number of para-hydroxylation sites is 1. The maximum Gasteiger partial charge on any atom is 0.415 e. The van der Waals surface area contributed by atoms with Gasteiger partial charge in [0, 0.05) is 12.2 Å². The van der Waals surface area contributed by atoms with Gasteiger partial charge in [-0.25, -0.2) is 4.79 Å². The number of carbonyl (C=O) groups excluding carboxylic acids is 1. The lowest BCUT2D eigenvalue weighted by molar-refractivity contribution is 0.130. The minimum Gasteiger partial charge on any atom is -0.437 e. The molecule has 0 N–H and O–H groups in total. The number of nitrogens with zero attached hydrogens (tertiary/aromatic N) is 1. The fourth-order valence-corrected chi connectivity index (χ4v) is 2.22. The molecule has 100 valence electrons. The van der Waals surface area contributed by atoms with Crippen molar-refractivity contribution in [3.8, 4) is 0 Å². The maximum absolute atomic E-state index is 12.3. The minimum absolute atomic E-state index is 0.322. The van der Waals surface area contributed by atoms with Gasteiger partial charge in [0.1, 0.15) is 6.10 Å². The van der Waals surface area contributed by atoms with Crippen LogP contribution in [0.1, 0.15) is 11.7 Å². The highest BCUT2D eigenvalue weighted by molar-refractivity contribution is 5.88. The van der Waals surface area contributed by atoms with E-state index in [-0.39, 0.29) is 12.2 Å². The molecule has 1 aliphatic heterocycles. The molecular weight excluding hydrogens is 250 g/mol. The Balaban J connectivity index is 1.82. The predicted octanol–water partition coefficient (Wildman–Crippen LogP) is 3.94. The van der Waals surface area contributed by atoms with Crippen LogP contribution in [0.15, 0.2) is 72.8 Å². The molecule has 0 saturated carbocycles. The predicted molar refractivity (Wildman–Crippen MR) is 78.6 cm³/mol. The first-order valence-corrected chi connectivity index (χ1v) is 6.59. The van der Waals surface area contributed by atoms with Crippen molar-refractivity contribution >= 4 is 11.8 Å². The van der Waals surface area contributed by atoms with Crippen molar-refractivity contribution in [2.24, 2.45) is 0 Å². The summed E-state index contributed by atoms with van der Waals surface area (Å²) in [5.41, 5.74) is 1.82. The van der Waals surface area contributed by atoms with Gasteiger partial charge in [0.25, 0.3) is 0 Å². The van der Waals surface area contributed by atoms with E-state index in [0.29, 0.717) is 6.54 Å². The van der Waals surface area contributed by atoms with Gasteiger partial charge in [-0.1, -0.05) is 54.6 Å². The van der Waals surface area contributed by atoms with Crippen LogP contribution in [0, 0.1) is 0 Å². The zero-order valence-corrected chi connectivity index (χ0v) is 11.0. The van der Waals surface area contributed by atoms with E-state index in [1.165, 1.54) is 0 Å². The van der Waals surface area contributed by atoms with Crippen LogP contribution in [0.4, 0.5) is 10.5 Å². The first-order valence-electron chi connectivity index (χ1n) is 6.59. The summed E-state index contributed by atoms with van der Waals surface area (Å²) in [5, 5.41) is 0. The third-order valence-corrected chi connectivity index (χ3v) is 3.24. The van der Waals surface area contributed by atoms with E-state index in [0.717, 1.165) is 11.3 Å². The molecule has 3 rings (SSSR count). The molecule has 0 saturated heterocycles. The van der Waals surface area contributed by atoms with Crippen molar-refractivity contribution in [3.63, 3.8) is 0 Å². The summed E-state index contributed by atoms with van der Waals surface area (Å²) in [5.74, 6) is 0. The van der Waals surface area contributed by atoms with E-state index >= 15 is 0 Å². The number of hydrogen-bond donors (Lipinski definition) is 0. The van der Waals surface area contributed by atoms with Gasteiger partial charge in [-0.2, -0.15) is 0 Å². The number of rotatable bonds is 2. The smallest absolute Gasteiger partial charge is 0.415 e. The lowest BCUT2D eigenvalue weighted by Crippen LogP contribution is -2.30. The highest BCUT2D eigenvalue weighted by Gasteiger charge is 2.23. The van der Waals surface area contributed by atoms with Gasteiger partial charge in [0.2, 0.25) is 0 Å². The summed E-state index contributed by atoms with van der Waals surface area (Å²) >= 11 is 0. The zero-order chi connectivity index (χ0) is 13.8. The molecule has 0 aliphatic carbocycles. The van der Waals surface area contributed by atoms with Crippen LogP contribution in [0.2, 0.25) is 0 Å². The number of benzene rings is 2. The van der Waals surface area contributed by atoms with Crippen LogP contribution in [0.25, 0.3) is 0 Å². The molecule has 20 heavy (non-hydrogen) atoms. The Morgan fingerprint density at radius 2 is 1.60 bits per heavy atom. The fraction of sp³-hybridized carbons (Fsp3) is 0.118. The van der Waals surface area contributed by atoms with Gasteiger partial charge in [0.15, 0.2) is 0 Å². The molecule has 1 atom stereocenters. The van der Waals surface area contributed by atoms with Crippen LogP contribution in [-0.2, 0) is 4.74 Å². The van der Waals surface area contributed by atoms with Crippen molar-refractivity contribution < 1.29 is 9.53 Å². The highest BCUT2D eigenvalue weighted by atomic mass is 16.6. The van der Waals surface area contributed by atoms with Crippen LogP contribution >= 0.6 is 0 Å². The molecule has 1 unspecified atom stereocenters. The Bertz CT molecular complexity index is 607. The summed E-state index contributed by atoms with van der Waals surface area (Å²) in [6, 6.07) is 19.3. The Labute approximate surface area is 118 Å². The number of anilines is 1. The molecule has 0 fully saturated rings. The van der Waals surface area contributed by atoms with Gasteiger partial charge >= 0.3 is 6.09 Å². The monoisotopic (exact) mass is 265 g/mol. The number of cyclic esters (lactones) is 1. The quantitative estimate of drug-likeness (QED) is 0.770. The Hall–Kier alpha value is -2.55. The van der Waals surface area contributed by atoms with Gasteiger partial charge < -0.3 is 4.74 Å². The molecule has 1 heterocycles. The summed E-state index contributed by atoms with van der Waals surface area (Å²) in [7, 11) is 0. The van der Waals surface area contributed by atoms with Crippen molar-refractivity contribution in [3.05, 3.63) is 78.4 Å². The number of carbonyl (C=O) groups is 1. The number of hydrogen-bond acceptors (Lipinski definition) is 2. The molecular formula is C17H15NO2. The molecule has 2 aromatic carbocycles. The lowest BCUT2D eigenvalue weighted by Gasteiger charge is -2.20. The molecule has 2 aromatic rings. The van der Waals surface area contributed by atoms with E-state index in [9.17, 15) is 4.79 Å². The summed E-state index contributed by atoms with van der Waals surface area (Å²) in [6.07, 6.45) is 3.25. The molecule has 1 aliphatic rings. The molecule has 1 amide bonds. The zero-order valence-electron chi connectivity index (χ0n) is 11.0. The van der Waals surface area contributed by atoms with Crippen molar-refractivity contribution in [2.45, 2.75) is 6.10 Å². The maximum atomic E-state index is 12.3. The van der Waals surface area contributed by atoms with Crippen molar-refractivity contribution in [2.75, 3.05) is 11.4 Å². The van der Waals surface area contributed by atoms with E-state index in [1.54, 1.807) is 4.90 Å². The van der Waals surface area contributed by atoms with Crippen LogP contribution in [-0.4, -0.2) is 12.6 Å². The highest BCUT2D eigenvalue weighted by Crippen LogP contribution is 2.24. The van der Waals surface area contributed by atoms with E-state index in [4.69, 9.17) is 4.74 Å². The largest absolute Gasteiger partial charge is 0.437 e. The molecule has 0 aromatic heterocycles. The van der Waals surface area contributed by atoms with E-state index in [1.807, 2.05) is 72.8 Å². The SMILES string of the molecule is O=C1OC(c2ccccc2)C=CCN1c1ccccc1. The topological polar surface area (TPSA) is 29.5 Å². The van der Waals surface area contributed by atoms with Gasteiger partial charge in [-0.15, -0.1) is 0 Å². The van der Waals surface area contributed by atoms with Crippen molar-refractivity contribution in [1.29, 1.82) is 0 Å². The third-order valence-electron chi connectivity index (χ3n) is 3.24. The minimum atomic E-state index is -0.324.